The van der Waals surface area contributed by atoms with Gasteiger partial charge in [-0.15, -0.1) is 0 Å². The standard InChI is InChI=1S/C21H23N3O5/c1-21(23-20(24(2)29-21)15-5-4-6-16(10-15)26-3)11-19(25)22-12-14-7-8-17-18(9-14)28-13-27-17/h4-10H,11-13H2,1-3H3,(H,22,25). The molecule has 0 spiro atoms. The molecule has 1 unspecified atom stereocenters. The van der Waals surface area contributed by atoms with Crippen LogP contribution in [-0.2, 0) is 16.2 Å². The third-order valence-electron chi connectivity index (χ3n) is 4.72. The Hall–Kier alpha value is -3.26. The number of hydroxylamine groups is 2. The fourth-order valence-corrected chi connectivity index (χ4v) is 3.35. The monoisotopic (exact) mass is 397 g/mol. The summed E-state index contributed by atoms with van der Waals surface area (Å²) >= 11 is 0. The second-order valence-corrected chi connectivity index (χ2v) is 7.07. The second-order valence-electron chi connectivity index (χ2n) is 7.07. The predicted molar refractivity (Wildman–Crippen MR) is 106 cm³/mol. The molecule has 2 aromatic rings. The zero-order valence-electron chi connectivity index (χ0n) is 16.6. The van der Waals surface area contributed by atoms with E-state index in [0.29, 0.717) is 18.1 Å². The van der Waals surface area contributed by atoms with E-state index in [2.05, 4.69) is 10.3 Å². The fraction of sp³-hybridized carbons (Fsp3) is 0.333. The van der Waals surface area contributed by atoms with E-state index in [4.69, 9.17) is 19.0 Å². The molecule has 0 radical (unpaired) electrons. The van der Waals surface area contributed by atoms with E-state index in [0.717, 1.165) is 22.6 Å². The zero-order chi connectivity index (χ0) is 20.4. The molecule has 0 saturated heterocycles. The first-order valence-electron chi connectivity index (χ1n) is 9.28. The largest absolute Gasteiger partial charge is 0.497 e. The third-order valence-corrected chi connectivity index (χ3v) is 4.72. The molecule has 29 heavy (non-hydrogen) atoms. The number of ether oxygens (including phenoxy) is 3. The van der Waals surface area contributed by atoms with Crippen molar-refractivity contribution in [3.05, 3.63) is 53.6 Å². The Kier molecular flexibility index (Phi) is 5.02. The van der Waals surface area contributed by atoms with Crippen LogP contribution in [0.3, 0.4) is 0 Å². The van der Waals surface area contributed by atoms with E-state index in [9.17, 15) is 4.79 Å². The molecule has 0 fully saturated rings. The summed E-state index contributed by atoms with van der Waals surface area (Å²) in [5.74, 6) is 2.63. The number of amides is 1. The smallest absolute Gasteiger partial charge is 0.231 e. The van der Waals surface area contributed by atoms with Gasteiger partial charge >= 0.3 is 0 Å². The van der Waals surface area contributed by atoms with Gasteiger partial charge in [0.1, 0.15) is 5.75 Å². The number of rotatable bonds is 6. The van der Waals surface area contributed by atoms with Crippen LogP contribution < -0.4 is 19.5 Å². The van der Waals surface area contributed by atoms with E-state index < -0.39 is 5.72 Å². The molecule has 8 nitrogen and oxygen atoms in total. The molecular formula is C21H23N3O5. The van der Waals surface area contributed by atoms with Crippen molar-refractivity contribution in [2.24, 2.45) is 4.99 Å². The number of hydrogen-bond acceptors (Lipinski definition) is 7. The van der Waals surface area contributed by atoms with Crippen LogP contribution in [0.1, 0.15) is 24.5 Å². The lowest BCUT2D eigenvalue weighted by atomic mass is 10.1. The van der Waals surface area contributed by atoms with E-state index >= 15 is 0 Å². The van der Waals surface area contributed by atoms with Crippen LogP contribution in [0.2, 0.25) is 0 Å². The Bertz CT molecular complexity index is 961. The van der Waals surface area contributed by atoms with Crippen LogP contribution in [0.5, 0.6) is 17.2 Å². The number of amidine groups is 1. The van der Waals surface area contributed by atoms with Crippen LogP contribution in [0.25, 0.3) is 0 Å². The Morgan fingerprint density at radius 1 is 1.24 bits per heavy atom. The molecule has 8 heteroatoms. The number of fused-ring (bicyclic) bond motifs is 1. The summed E-state index contributed by atoms with van der Waals surface area (Å²) in [7, 11) is 3.39. The average molecular weight is 397 g/mol. The summed E-state index contributed by atoms with van der Waals surface area (Å²) in [6.07, 6.45) is 0.0926. The number of benzene rings is 2. The summed E-state index contributed by atoms with van der Waals surface area (Å²) in [5.41, 5.74) is 0.806. The van der Waals surface area contributed by atoms with Gasteiger partial charge in [0.2, 0.25) is 12.7 Å². The highest BCUT2D eigenvalue weighted by Crippen LogP contribution is 2.32. The van der Waals surface area contributed by atoms with Crippen molar-refractivity contribution in [1.29, 1.82) is 0 Å². The minimum absolute atomic E-state index is 0.0926. The Morgan fingerprint density at radius 2 is 2.07 bits per heavy atom. The van der Waals surface area contributed by atoms with Crippen LogP contribution in [0, 0.1) is 0 Å². The minimum atomic E-state index is -0.980. The molecule has 0 aliphatic carbocycles. The summed E-state index contributed by atoms with van der Waals surface area (Å²) in [4.78, 5) is 23.0. The van der Waals surface area contributed by atoms with Gasteiger partial charge in [0.25, 0.3) is 0 Å². The van der Waals surface area contributed by atoms with Crippen molar-refractivity contribution in [2.45, 2.75) is 25.6 Å². The molecule has 2 aromatic carbocycles. The van der Waals surface area contributed by atoms with Crippen molar-refractivity contribution in [2.75, 3.05) is 21.0 Å². The van der Waals surface area contributed by atoms with Gasteiger partial charge in [0.05, 0.1) is 13.5 Å². The molecule has 1 N–H and O–H groups in total. The van der Waals surface area contributed by atoms with Gasteiger partial charge in [0, 0.05) is 19.2 Å². The lowest BCUT2D eigenvalue weighted by molar-refractivity contribution is -0.166. The predicted octanol–water partition coefficient (Wildman–Crippen LogP) is 2.47. The summed E-state index contributed by atoms with van der Waals surface area (Å²) in [5, 5.41) is 4.49. The Labute approximate surface area is 169 Å². The molecule has 0 saturated carbocycles. The molecule has 0 aromatic heterocycles. The normalized spacial score (nSPS) is 19.8. The molecule has 1 atom stereocenters. The number of nitrogens with one attached hydrogen (secondary N) is 1. The van der Waals surface area contributed by atoms with Gasteiger partial charge in [-0.05, 0) is 36.8 Å². The summed E-state index contributed by atoms with van der Waals surface area (Å²) < 4.78 is 15.9. The maximum absolute atomic E-state index is 12.5. The third kappa shape index (κ3) is 4.12. The summed E-state index contributed by atoms with van der Waals surface area (Å²) in [6, 6.07) is 13.2. The number of aliphatic imine (C=N–C) groups is 1. The van der Waals surface area contributed by atoms with E-state index in [1.807, 2.05) is 42.5 Å². The number of hydrogen-bond donors (Lipinski definition) is 1. The second kappa shape index (κ2) is 7.63. The lowest BCUT2D eigenvalue weighted by Gasteiger charge is -2.21. The van der Waals surface area contributed by atoms with Crippen LogP contribution in [0.15, 0.2) is 47.5 Å². The van der Waals surface area contributed by atoms with Gasteiger partial charge < -0.3 is 19.5 Å². The van der Waals surface area contributed by atoms with Gasteiger partial charge in [-0.3, -0.25) is 4.79 Å². The number of methoxy groups -OCH3 is 1. The van der Waals surface area contributed by atoms with Crippen molar-refractivity contribution >= 4 is 11.7 Å². The SMILES string of the molecule is COc1cccc(C2=NC(C)(CC(=O)NCc3ccc4c(c3)OCO4)ON2C)c1. The Morgan fingerprint density at radius 3 is 2.90 bits per heavy atom. The zero-order valence-corrected chi connectivity index (χ0v) is 16.6. The van der Waals surface area contributed by atoms with Gasteiger partial charge in [-0.25, -0.2) is 14.9 Å². The van der Waals surface area contributed by atoms with Crippen LogP contribution in [-0.4, -0.2) is 43.5 Å². The highest BCUT2D eigenvalue weighted by molar-refractivity contribution is 5.99. The number of carbonyl (C=O) groups is 1. The first kappa shape index (κ1) is 19.1. The molecule has 1 amide bonds. The quantitative estimate of drug-likeness (QED) is 0.807. The highest BCUT2D eigenvalue weighted by atomic mass is 16.7. The van der Waals surface area contributed by atoms with Crippen molar-refractivity contribution in [3.8, 4) is 17.2 Å². The topological polar surface area (TPSA) is 81.6 Å². The molecule has 0 bridgehead atoms. The van der Waals surface area contributed by atoms with Crippen LogP contribution >= 0.6 is 0 Å². The van der Waals surface area contributed by atoms with Crippen molar-refractivity contribution < 1.29 is 23.8 Å². The first-order chi connectivity index (χ1) is 14.0. The Balaban J connectivity index is 1.40. The molecule has 2 aliphatic heterocycles. The molecule has 2 aliphatic rings. The molecule has 152 valence electrons. The molecular weight excluding hydrogens is 374 g/mol. The minimum Gasteiger partial charge on any atom is -0.497 e. The van der Waals surface area contributed by atoms with E-state index in [-0.39, 0.29) is 19.1 Å². The van der Waals surface area contributed by atoms with Crippen molar-refractivity contribution in [1.82, 2.24) is 10.4 Å². The number of nitrogens with zero attached hydrogens (tertiary/aromatic N) is 2. The fourth-order valence-electron chi connectivity index (χ4n) is 3.35. The van der Waals surface area contributed by atoms with Gasteiger partial charge in [-0.2, -0.15) is 0 Å². The molecule has 4 rings (SSSR count). The van der Waals surface area contributed by atoms with E-state index in [1.54, 1.807) is 26.1 Å². The van der Waals surface area contributed by atoms with E-state index in [1.165, 1.54) is 0 Å². The van der Waals surface area contributed by atoms with Gasteiger partial charge in [0.15, 0.2) is 23.1 Å². The average Bonchev–Trinajstić information content (AvgIpc) is 3.29. The van der Waals surface area contributed by atoms with Gasteiger partial charge in [-0.1, -0.05) is 18.2 Å². The first-order valence-corrected chi connectivity index (χ1v) is 9.28. The van der Waals surface area contributed by atoms with Crippen molar-refractivity contribution in [3.63, 3.8) is 0 Å². The maximum Gasteiger partial charge on any atom is 0.231 e. The summed E-state index contributed by atoms with van der Waals surface area (Å²) in [6.45, 7) is 2.40. The maximum atomic E-state index is 12.5. The van der Waals surface area contributed by atoms with Crippen LogP contribution in [0.4, 0.5) is 0 Å². The lowest BCUT2D eigenvalue weighted by Crippen LogP contribution is -2.35. The number of carbonyl (C=O) groups excluding carboxylic acids is 1. The molecule has 2 heterocycles. The highest BCUT2D eigenvalue weighted by Gasteiger charge is 2.37.